The fourth-order valence-electron chi connectivity index (χ4n) is 1.77. The molecule has 0 saturated carbocycles. The number of nitrogens with two attached hydrogens (primary N) is 1. The Balaban J connectivity index is 2.43. The lowest BCUT2D eigenvalue weighted by Gasteiger charge is -2.17. The van der Waals surface area contributed by atoms with Gasteiger partial charge in [-0.2, -0.15) is 0 Å². The van der Waals surface area contributed by atoms with Crippen LogP contribution >= 0.6 is 11.6 Å². The van der Waals surface area contributed by atoms with E-state index in [0.29, 0.717) is 11.1 Å². The second kappa shape index (κ2) is 5.61. The Bertz CT molecular complexity index is 553. The maximum absolute atomic E-state index is 13.2. The molecule has 19 heavy (non-hydrogen) atoms. The van der Waals surface area contributed by atoms with E-state index in [9.17, 15) is 13.2 Å². The van der Waals surface area contributed by atoms with Crippen molar-refractivity contribution in [2.75, 3.05) is 0 Å². The van der Waals surface area contributed by atoms with E-state index < -0.39 is 23.5 Å². The first-order chi connectivity index (χ1) is 9.02. The SMILES string of the molecule is NNC(c1ccc(F)c(F)c1)c1ccc(F)c(Cl)c1. The second-order valence-corrected chi connectivity index (χ2v) is 4.35. The quantitative estimate of drug-likeness (QED) is 0.671. The van der Waals surface area contributed by atoms with Crippen molar-refractivity contribution in [2.24, 2.45) is 5.84 Å². The standard InChI is InChI=1S/C13H10ClF3N2/c14-9-5-7(1-3-10(9)15)13(19-18)8-2-4-11(16)12(17)6-8/h1-6,13,19H,18H2. The van der Waals surface area contributed by atoms with E-state index >= 15 is 0 Å². The number of nitrogens with one attached hydrogen (secondary N) is 1. The van der Waals surface area contributed by atoms with Gasteiger partial charge in [-0.05, 0) is 35.4 Å². The van der Waals surface area contributed by atoms with Gasteiger partial charge in [-0.3, -0.25) is 5.84 Å². The molecule has 0 spiro atoms. The smallest absolute Gasteiger partial charge is 0.159 e. The van der Waals surface area contributed by atoms with Gasteiger partial charge in [0.1, 0.15) is 5.82 Å². The first kappa shape index (κ1) is 13.9. The summed E-state index contributed by atoms with van der Waals surface area (Å²) in [5.74, 6) is 2.92. The van der Waals surface area contributed by atoms with Crippen LogP contribution in [0.3, 0.4) is 0 Å². The summed E-state index contributed by atoms with van der Waals surface area (Å²) in [5, 5.41) is -0.0691. The number of hydrogen-bond acceptors (Lipinski definition) is 2. The van der Waals surface area contributed by atoms with Gasteiger partial charge < -0.3 is 0 Å². The van der Waals surface area contributed by atoms with Gasteiger partial charge in [-0.25, -0.2) is 18.6 Å². The predicted molar refractivity (Wildman–Crippen MR) is 66.9 cm³/mol. The number of benzene rings is 2. The lowest BCUT2D eigenvalue weighted by molar-refractivity contribution is 0.504. The van der Waals surface area contributed by atoms with E-state index in [4.69, 9.17) is 17.4 Å². The van der Waals surface area contributed by atoms with Gasteiger partial charge >= 0.3 is 0 Å². The number of hydrogen-bond donors (Lipinski definition) is 2. The predicted octanol–water partition coefficient (Wildman–Crippen LogP) is 3.31. The fraction of sp³-hybridized carbons (Fsp3) is 0.0769. The molecule has 0 saturated heterocycles. The molecule has 2 aromatic carbocycles. The van der Waals surface area contributed by atoms with E-state index in [1.807, 2.05) is 0 Å². The van der Waals surface area contributed by atoms with Crippen LogP contribution in [0.4, 0.5) is 13.2 Å². The molecule has 0 aliphatic rings. The van der Waals surface area contributed by atoms with Crippen molar-refractivity contribution in [3.63, 3.8) is 0 Å². The highest BCUT2D eigenvalue weighted by molar-refractivity contribution is 6.30. The molecule has 100 valence electrons. The second-order valence-electron chi connectivity index (χ2n) is 3.95. The highest BCUT2D eigenvalue weighted by atomic mass is 35.5. The monoisotopic (exact) mass is 286 g/mol. The molecule has 6 heteroatoms. The van der Waals surface area contributed by atoms with Gasteiger partial charge in [0.2, 0.25) is 0 Å². The first-order valence-electron chi connectivity index (χ1n) is 5.39. The van der Waals surface area contributed by atoms with Crippen LogP contribution in [0.1, 0.15) is 17.2 Å². The van der Waals surface area contributed by atoms with E-state index in [0.717, 1.165) is 12.1 Å². The summed E-state index contributed by atoms with van der Waals surface area (Å²) in [6.45, 7) is 0. The van der Waals surface area contributed by atoms with E-state index in [1.54, 1.807) is 0 Å². The maximum atomic E-state index is 13.2. The van der Waals surface area contributed by atoms with Crippen LogP contribution in [0.2, 0.25) is 5.02 Å². The average molecular weight is 287 g/mol. The summed E-state index contributed by atoms with van der Waals surface area (Å²) in [7, 11) is 0. The molecule has 0 aromatic heterocycles. The molecular weight excluding hydrogens is 277 g/mol. The van der Waals surface area contributed by atoms with Crippen LogP contribution in [-0.4, -0.2) is 0 Å². The molecule has 0 amide bonds. The van der Waals surface area contributed by atoms with Crippen molar-refractivity contribution in [2.45, 2.75) is 6.04 Å². The maximum Gasteiger partial charge on any atom is 0.159 e. The van der Waals surface area contributed by atoms with Crippen molar-refractivity contribution in [1.82, 2.24) is 5.43 Å². The third kappa shape index (κ3) is 2.89. The molecule has 0 radical (unpaired) electrons. The Labute approximate surface area is 113 Å². The summed E-state index contributed by atoms with van der Waals surface area (Å²) in [4.78, 5) is 0. The van der Waals surface area contributed by atoms with Crippen LogP contribution in [0, 0.1) is 17.5 Å². The van der Waals surface area contributed by atoms with Crippen LogP contribution in [0.15, 0.2) is 36.4 Å². The molecular formula is C13H10ClF3N2. The number of rotatable bonds is 3. The minimum absolute atomic E-state index is 0.0691. The minimum Gasteiger partial charge on any atom is -0.271 e. The van der Waals surface area contributed by atoms with Crippen molar-refractivity contribution in [3.05, 3.63) is 70.0 Å². The molecule has 0 bridgehead atoms. The number of halogens is 4. The summed E-state index contributed by atoms with van der Waals surface area (Å²) < 4.78 is 39.2. The Kier molecular flexibility index (Phi) is 4.09. The third-order valence-corrected chi connectivity index (χ3v) is 3.01. The van der Waals surface area contributed by atoms with Gasteiger partial charge in [-0.1, -0.05) is 23.7 Å². The lowest BCUT2D eigenvalue weighted by atomic mass is 9.99. The molecule has 2 rings (SSSR count). The fourth-order valence-corrected chi connectivity index (χ4v) is 1.96. The Hall–Kier alpha value is -1.56. The van der Waals surface area contributed by atoms with Gasteiger partial charge in [-0.15, -0.1) is 0 Å². The highest BCUT2D eigenvalue weighted by Crippen LogP contribution is 2.26. The van der Waals surface area contributed by atoms with E-state index in [1.165, 1.54) is 24.3 Å². The van der Waals surface area contributed by atoms with Gasteiger partial charge in [0.15, 0.2) is 11.6 Å². The molecule has 0 fully saturated rings. The lowest BCUT2D eigenvalue weighted by Crippen LogP contribution is -2.29. The Morgan fingerprint density at radius 1 is 0.895 bits per heavy atom. The van der Waals surface area contributed by atoms with E-state index in [2.05, 4.69) is 5.43 Å². The zero-order chi connectivity index (χ0) is 14.0. The van der Waals surface area contributed by atoms with Crippen molar-refractivity contribution in [3.8, 4) is 0 Å². The molecule has 1 atom stereocenters. The van der Waals surface area contributed by atoms with Crippen LogP contribution in [0.25, 0.3) is 0 Å². The van der Waals surface area contributed by atoms with Crippen LogP contribution in [-0.2, 0) is 0 Å². The average Bonchev–Trinajstić information content (AvgIpc) is 2.39. The van der Waals surface area contributed by atoms with Crippen molar-refractivity contribution in [1.29, 1.82) is 0 Å². The van der Waals surface area contributed by atoms with Crippen LogP contribution < -0.4 is 11.3 Å². The molecule has 0 heterocycles. The summed E-state index contributed by atoms with van der Waals surface area (Å²) >= 11 is 5.68. The highest BCUT2D eigenvalue weighted by Gasteiger charge is 2.16. The van der Waals surface area contributed by atoms with E-state index in [-0.39, 0.29) is 5.02 Å². The van der Waals surface area contributed by atoms with Crippen molar-refractivity contribution >= 4 is 11.6 Å². The molecule has 0 aliphatic carbocycles. The van der Waals surface area contributed by atoms with Gasteiger partial charge in [0.25, 0.3) is 0 Å². The number of hydrazine groups is 1. The van der Waals surface area contributed by atoms with Gasteiger partial charge in [0.05, 0.1) is 11.1 Å². The zero-order valence-electron chi connectivity index (χ0n) is 9.63. The van der Waals surface area contributed by atoms with Gasteiger partial charge in [0, 0.05) is 0 Å². The Morgan fingerprint density at radius 2 is 1.47 bits per heavy atom. The Morgan fingerprint density at radius 3 is 2.00 bits per heavy atom. The molecule has 2 aromatic rings. The zero-order valence-corrected chi connectivity index (χ0v) is 10.4. The third-order valence-electron chi connectivity index (χ3n) is 2.72. The minimum atomic E-state index is -0.981. The molecule has 1 unspecified atom stereocenters. The van der Waals surface area contributed by atoms with Crippen LogP contribution in [0.5, 0.6) is 0 Å². The van der Waals surface area contributed by atoms with Crippen molar-refractivity contribution < 1.29 is 13.2 Å². The topological polar surface area (TPSA) is 38.0 Å². The molecule has 3 N–H and O–H groups in total. The largest absolute Gasteiger partial charge is 0.271 e. The first-order valence-corrected chi connectivity index (χ1v) is 5.76. The molecule has 2 nitrogen and oxygen atoms in total. The summed E-state index contributed by atoms with van der Waals surface area (Å²) in [6, 6.07) is 6.82. The molecule has 0 aliphatic heterocycles. The normalized spacial score (nSPS) is 12.5. The summed E-state index contributed by atoms with van der Waals surface area (Å²) in [5.41, 5.74) is 3.41. The summed E-state index contributed by atoms with van der Waals surface area (Å²) in [6.07, 6.45) is 0.